The number of likely N-dealkylation sites (N-methyl/N-ethyl adjacent to an activating group) is 1. The zero-order valence-electron chi connectivity index (χ0n) is 15.8. The van der Waals surface area contributed by atoms with Crippen LogP contribution in [0, 0.1) is 5.92 Å². The number of carbonyl (C=O) groups excluding carboxylic acids is 1. The molecular weight excluding hydrogens is 338 g/mol. The van der Waals surface area contributed by atoms with E-state index in [0.717, 1.165) is 61.5 Å². The van der Waals surface area contributed by atoms with E-state index in [4.69, 9.17) is 5.73 Å². The number of piperidine rings is 1. The SMILES string of the molecule is C=C(CN)N(C)Cc1cccc(-c2cnc(N3CCC(C=O)CC3)nc2)c1. The molecule has 1 aliphatic rings. The molecule has 0 radical (unpaired) electrons. The van der Waals surface area contributed by atoms with Gasteiger partial charge in [-0.3, -0.25) is 0 Å². The van der Waals surface area contributed by atoms with Crippen molar-refractivity contribution in [1.29, 1.82) is 0 Å². The van der Waals surface area contributed by atoms with Crippen LogP contribution in [0.3, 0.4) is 0 Å². The van der Waals surface area contributed by atoms with Crippen LogP contribution in [-0.2, 0) is 11.3 Å². The number of hydrogen-bond donors (Lipinski definition) is 1. The molecule has 6 heteroatoms. The lowest BCUT2D eigenvalue weighted by Gasteiger charge is -2.29. The molecule has 0 amide bonds. The Morgan fingerprint density at radius 2 is 2.00 bits per heavy atom. The van der Waals surface area contributed by atoms with E-state index in [1.165, 1.54) is 5.56 Å². The molecule has 2 aromatic rings. The molecule has 1 saturated heterocycles. The number of carbonyl (C=O) groups is 1. The number of hydrogen-bond acceptors (Lipinski definition) is 6. The summed E-state index contributed by atoms with van der Waals surface area (Å²) in [7, 11) is 1.99. The molecule has 2 N–H and O–H groups in total. The average molecular weight is 365 g/mol. The molecule has 27 heavy (non-hydrogen) atoms. The minimum absolute atomic E-state index is 0.178. The van der Waals surface area contributed by atoms with Crippen LogP contribution in [0.2, 0.25) is 0 Å². The van der Waals surface area contributed by atoms with Gasteiger partial charge in [0.25, 0.3) is 0 Å². The third-order valence-corrected chi connectivity index (χ3v) is 5.11. The summed E-state index contributed by atoms with van der Waals surface area (Å²) >= 11 is 0. The molecule has 1 aromatic carbocycles. The molecule has 1 aliphatic heterocycles. The molecule has 3 rings (SSSR count). The number of anilines is 1. The first kappa shape index (κ1) is 19.0. The Hall–Kier alpha value is -2.73. The van der Waals surface area contributed by atoms with Crippen LogP contribution in [0.5, 0.6) is 0 Å². The second-order valence-corrected chi connectivity index (χ2v) is 7.06. The largest absolute Gasteiger partial charge is 0.373 e. The summed E-state index contributed by atoms with van der Waals surface area (Å²) in [6.07, 6.45) is 6.55. The van der Waals surface area contributed by atoms with Crippen LogP contribution in [0.1, 0.15) is 18.4 Å². The van der Waals surface area contributed by atoms with E-state index in [2.05, 4.69) is 44.5 Å². The van der Waals surface area contributed by atoms with Crippen LogP contribution < -0.4 is 10.6 Å². The summed E-state index contributed by atoms with van der Waals surface area (Å²) < 4.78 is 0. The molecule has 2 heterocycles. The quantitative estimate of drug-likeness (QED) is 0.760. The summed E-state index contributed by atoms with van der Waals surface area (Å²) in [6.45, 7) is 6.84. The van der Waals surface area contributed by atoms with Gasteiger partial charge in [0.05, 0.1) is 0 Å². The Kier molecular flexibility index (Phi) is 6.19. The molecule has 0 spiro atoms. The fraction of sp³-hybridized carbons (Fsp3) is 0.381. The zero-order valence-corrected chi connectivity index (χ0v) is 15.8. The molecule has 1 aromatic heterocycles. The van der Waals surface area contributed by atoms with Crippen molar-refractivity contribution in [1.82, 2.24) is 14.9 Å². The van der Waals surface area contributed by atoms with Crippen molar-refractivity contribution in [3.05, 3.63) is 54.5 Å². The van der Waals surface area contributed by atoms with E-state index in [1.807, 2.05) is 25.5 Å². The maximum absolute atomic E-state index is 10.9. The van der Waals surface area contributed by atoms with Gasteiger partial charge in [0.1, 0.15) is 6.29 Å². The number of benzene rings is 1. The minimum Gasteiger partial charge on any atom is -0.373 e. The molecule has 0 unspecified atom stereocenters. The first-order valence-electron chi connectivity index (χ1n) is 9.31. The van der Waals surface area contributed by atoms with Crippen molar-refractivity contribution in [2.45, 2.75) is 19.4 Å². The monoisotopic (exact) mass is 365 g/mol. The summed E-state index contributed by atoms with van der Waals surface area (Å²) in [4.78, 5) is 24.2. The van der Waals surface area contributed by atoms with E-state index >= 15 is 0 Å². The van der Waals surface area contributed by atoms with E-state index in [9.17, 15) is 4.79 Å². The number of aldehydes is 1. The van der Waals surface area contributed by atoms with E-state index in [-0.39, 0.29) is 5.92 Å². The predicted molar refractivity (Wildman–Crippen MR) is 108 cm³/mol. The van der Waals surface area contributed by atoms with E-state index in [1.54, 1.807) is 0 Å². The maximum atomic E-state index is 10.9. The Labute approximate surface area is 160 Å². The van der Waals surface area contributed by atoms with Gasteiger partial charge in [-0.05, 0) is 30.0 Å². The summed E-state index contributed by atoms with van der Waals surface area (Å²) in [5.41, 5.74) is 9.83. The van der Waals surface area contributed by atoms with Gasteiger partial charge in [-0.15, -0.1) is 0 Å². The number of aromatic nitrogens is 2. The lowest BCUT2D eigenvalue weighted by atomic mass is 9.99. The smallest absolute Gasteiger partial charge is 0.225 e. The Morgan fingerprint density at radius 1 is 1.30 bits per heavy atom. The maximum Gasteiger partial charge on any atom is 0.225 e. The first-order chi connectivity index (χ1) is 13.1. The lowest BCUT2D eigenvalue weighted by molar-refractivity contribution is -0.111. The van der Waals surface area contributed by atoms with Crippen LogP contribution >= 0.6 is 0 Å². The van der Waals surface area contributed by atoms with Crippen molar-refractivity contribution < 1.29 is 4.79 Å². The molecule has 6 nitrogen and oxygen atoms in total. The lowest BCUT2D eigenvalue weighted by Crippen LogP contribution is -2.35. The van der Waals surface area contributed by atoms with Crippen molar-refractivity contribution >= 4 is 12.2 Å². The second kappa shape index (κ2) is 8.77. The van der Waals surface area contributed by atoms with Crippen LogP contribution in [0.25, 0.3) is 11.1 Å². The molecule has 0 bridgehead atoms. The van der Waals surface area contributed by atoms with Crippen molar-refractivity contribution in [2.75, 3.05) is 31.6 Å². The zero-order chi connectivity index (χ0) is 19.2. The molecule has 0 atom stereocenters. The Balaban J connectivity index is 1.69. The molecule has 0 saturated carbocycles. The molecule has 1 fully saturated rings. The van der Waals surface area contributed by atoms with Crippen LogP contribution in [-0.4, -0.2) is 47.8 Å². The summed E-state index contributed by atoms with van der Waals surface area (Å²) in [5.74, 6) is 0.912. The second-order valence-electron chi connectivity index (χ2n) is 7.06. The normalized spacial score (nSPS) is 14.8. The van der Waals surface area contributed by atoms with Crippen LogP contribution in [0.15, 0.2) is 48.9 Å². The highest BCUT2D eigenvalue weighted by atomic mass is 16.1. The fourth-order valence-corrected chi connectivity index (χ4v) is 3.26. The van der Waals surface area contributed by atoms with Gasteiger partial charge >= 0.3 is 0 Å². The van der Waals surface area contributed by atoms with Gasteiger partial charge in [0.2, 0.25) is 5.95 Å². The van der Waals surface area contributed by atoms with Gasteiger partial charge in [0.15, 0.2) is 0 Å². The topological polar surface area (TPSA) is 75.3 Å². The number of rotatable bonds is 7. The van der Waals surface area contributed by atoms with E-state index in [0.29, 0.717) is 6.54 Å². The van der Waals surface area contributed by atoms with Crippen molar-refractivity contribution in [3.8, 4) is 11.1 Å². The van der Waals surface area contributed by atoms with Crippen molar-refractivity contribution in [3.63, 3.8) is 0 Å². The van der Waals surface area contributed by atoms with E-state index < -0.39 is 0 Å². The Morgan fingerprint density at radius 3 is 2.63 bits per heavy atom. The van der Waals surface area contributed by atoms with Gasteiger partial charge in [-0.2, -0.15) is 0 Å². The average Bonchev–Trinajstić information content (AvgIpc) is 2.73. The third kappa shape index (κ3) is 4.71. The highest BCUT2D eigenvalue weighted by molar-refractivity contribution is 5.63. The molecule has 0 aliphatic carbocycles. The third-order valence-electron chi connectivity index (χ3n) is 5.11. The number of nitrogens with two attached hydrogens (primary N) is 1. The standard InChI is InChI=1S/C21H27N5O/c1-16(11-22)25(2)14-18-4-3-5-19(10-18)20-12-23-21(24-13-20)26-8-6-17(15-27)7-9-26/h3-5,10,12-13,15,17H,1,6-9,11,14,22H2,2H3. The van der Waals surface area contributed by atoms with Gasteiger partial charge in [-0.1, -0.05) is 24.8 Å². The highest BCUT2D eigenvalue weighted by Crippen LogP contribution is 2.23. The van der Waals surface area contributed by atoms with Crippen molar-refractivity contribution in [2.24, 2.45) is 11.7 Å². The summed E-state index contributed by atoms with van der Waals surface area (Å²) in [6, 6.07) is 8.35. The summed E-state index contributed by atoms with van der Waals surface area (Å²) in [5, 5.41) is 0. The highest BCUT2D eigenvalue weighted by Gasteiger charge is 2.20. The molecular formula is C21H27N5O. The van der Waals surface area contributed by atoms with Gasteiger partial charge in [-0.25, -0.2) is 9.97 Å². The molecule has 142 valence electrons. The predicted octanol–water partition coefficient (Wildman–Crippen LogP) is 2.46. The number of nitrogens with zero attached hydrogens (tertiary/aromatic N) is 4. The minimum atomic E-state index is 0.178. The fourth-order valence-electron chi connectivity index (χ4n) is 3.26. The van der Waals surface area contributed by atoms with Crippen LogP contribution in [0.4, 0.5) is 5.95 Å². The first-order valence-corrected chi connectivity index (χ1v) is 9.31. The Bertz CT molecular complexity index is 781. The van der Waals surface area contributed by atoms with Gasteiger partial charge in [0, 0.05) is 62.8 Å². The van der Waals surface area contributed by atoms with Gasteiger partial charge < -0.3 is 20.3 Å².